The van der Waals surface area contributed by atoms with Gasteiger partial charge in [-0.3, -0.25) is 4.79 Å². The van der Waals surface area contributed by atoms with Gasteiger partial charge in [-0.15, -0.1) is 0 Å². The standard InChI is InChI=1S/C17H17ClN2O2/c1-19-10-11-20(16-5-3-2-4-15(16)19)17(21)12-22-14-8-6-13(18)7-9-14/h2-9H,10-12H2,1H3. The molecule has 0 aliphatic carbocycles. The van der Waals surface area contributed by atoms with Crippen molar-refractivity contribution < 1.29 is 9.53 Å². The van der Waals surface area contributed by atoms with Crippen LogP contribution in [-0.2, 0) is 4.79 Å². The Balaban J connectivity index is 1.70. The molecule has 5 heteroatoms. The topological polar surface area (TPSA) is 32.8 Å². The maximum absolute atomic E-state index is 12.5. The molecule has 0 bridgehead atoms. The highest BCUT2D eigenvalue weighted by molar-refractivity contribution is 6.30. The molecule has 0 spiro atoms. The van der Waals surface area contributed by atoms with Gasteiger partial charge in [0.1, 0.15) is 5.75 Å². The number of para-hydroxylation sites is 2. The highest BCUT2D eigenvalue weighted by Gasteiger charge is 2.24. The Morgan fingerprint density at radius 2 is 1.77 bits per heavy atom. The quantitative estimate of drug-likeness (QED) is 0.871. The van der Waals surface area contributed by atoms with Gasteiger partial charge >= 0.3 is 0 Å². The normalized spacial score (nSPS) is 13.7. The van der Waals surface area contributed by atoms with Crippen molar-refractivity contribution in [1.29, 1.82) is 0 Å². The molecule has 0 N–H and O–H groups in total. The molecule has 0 saturated heterocycles. The highest BCUT2D eigenvalue weighted by Crippen LogP contribution is 2.31. The van der Waals surface area contributed by atoms with Gasteiger partial charge in [-0.25, -0.2) is 0 Å². The highest BCUT2D eigenvalue weighted by atomic mass is 35.5. The van der Waals surface area contributed by atoms with Crippen LogP contribution in [0.5, 0.6) is 5.75 Å². The van der Waals surface area contributed by atoms with Crippen LogP contribution in [0, 0.1) is 0 Å². The third kappa shape index (κ3) is 3.02. The van der Waals surface area contributed by atoms with Crippen LogP contribution < -0.4 is 14.5 Å². The molecule has 1 amide bonds. The second kappa shape index (κ2) is 6.28. The van der Waals surface area contributed by atoms with Crippen molar-refractivity contribution in [3.63, 3.8) is 0 Å². The van der Waals surface area contributed by atoms with E-state index >= 15 is 0 Å². The molecule has 2 aromatic rings. The van der Waals surface area contributed by atoms with E-state index in [2.05, 4.69) is 4.90 Å². The Hall–Kier alpha value is -2.20. The molecule has 4 nitrogen and oxygen atoms in total. The predicted molar refractivity (Wildman–Crippen MR) is 89.0 cm³/mol. The van der Waals surface area contributed by atoms with Crippen molar-refractivity contribution in [3.8, 4) is 5.75 Å². The van der Waals surface area contributed by atoms with E-state index in [0.717, 1.165) is 17.9 Å². The fraction of sp³-hybridized carbons (Fsp3) is 0.235. The average molecular weight is 317 g/mol. The molecule has 22 heavy (non-hydrogen) atoms. The molecule has 114 valence electrons. The number of ether oxygens (including phenoxy) is 1. The van der Waals surface area contributed by atoms with E-state index in [4.69, 9.17) is 16.3 Å². The number of fused-ring (bicyclic) bond motifs is 1. The number of amides is 1. The molecule has 0 saturated carbocycles. The van der Waals surface area contributed by atoms with Gasteiger partial charge in [0.05, 0.1) is 11.4 Å². The Morgan fingerprint density at radius 3 is 2.50 bits per heavy atom. The van der Waals surface area contributed by atoms with Crippen LogP contribution >= 0.6 is 11.6 Å². The molecule has 2 aromatic carbocycles. The molecule has 1 aliphatic rings. The largest absolute Gasteiger partial charge is 0.484 e. The Kier molecular flexibility index (Phi) is 4.20. The summed E-state index contributed by atoms with van der Waals surface area (Å²) in [6, 6.07) is 14.9. The van der Waals surface area contributed by atoms with Gasteiger partial charge in [0.25, 0.3) is 5.91 Å². The minimum Gasteiger partial charge on any atom is -0.484 e. The van der Waals surface area contributed by atoms with Crippen LogP contribution in [0.3, 0.4) is 0 Å². The lowest BCUT2D eigenvalue weighted by atomic mass is 10.1. The van der Waals surface area contributed by atoms with Crippen molar-refractivity contribution in [2.45, 2.75) is 0 Å². The zero-order chi connectivity index (χ0) is 15.5. The van der Waals surface area contributed by atoms with E-state index in [1.54, 1.807) is 29.2 Å². The van der Waals surface area contributed by atoms with Crippen molar-refractivity contribution in [1.82, 2.24) is 0 Å². The molecule has 0 aromatic heterocycles. The SMILES string of the molecule is CN1CCN(C(=O)COc2ccc(Cl)cc2)c2ccccc21. The summed E-state index contributed by atoms with van der Waals surface area (Å²) in [5.74, 6) is 0.593. The average Bonchev–Trinajstić information content (AvgIpc) is 2.55. The summed E-state index contributed by atoms with van der Waals surface area (Å²) in [5, 5.41) is 0.645. The van der Waals surface area contributed by atoms with E-state index in [1.165, 1.54) is 0 Å². The molecule has 0 unspecified atom stereocenters. The van der Waals surface area contributed by atoms with Gasteiger partial charge in [0, 0.05) is 25.2 Å². The third-order valence-electron chi connectivity index (χ3n) is 3.72. The van der Waals surface area contributed by atoms with Crippen LogP contribution in [0.15, 0.2) is 48.5 Å². The van der Waals surface area contributed by atoms with E-state index in [9.17, 15) is 4.79 Å². The number of halogens is 1. The molecule has 0 fully saturated rings. The molecule has 1 aliphatic heterocycles. The van der Waals surface area contributed by atoms with E-state index in [-0.39, 0.29) is 12.5 Å². The van der Waals surface area contributed by atoms with Crippen LogP contribution in [0.2, 0.25) is 5.02 Å². The van der Waals surface area contributed by atoms with Crippen molar-refractivity contribution in [2.75, 3.05) is 36.5 Å². The van der Waals surface area contributed by atoms with E-state index in [0.29, 0.717) is 17.3 Å². The molecular weight excluding hydrogens is 300 g/mol. The number of hydrogen-bond donors (Lipinski definition) is 0. The Morgan fingerprint density at radius 1 is 1.09 bits per heavy atom. The lowest BCUT2D eigenvalue weighted by molar-refractivity contribution is -0.120. The minimum absolute atomic E-state index is 0.0136. The number of likely N-dealkylation sites (N-methyl/N-ethyl adjacent to an activating group) is 1. The van der Waals surface area contributed by atoms with Crippen LogP contribution in [-0.4, -0.2) is 32.7 Å². The Labute approximate surface area is 134 Å². The van der Waals surface area contributed by atoms with Crippen molar-refractivity contribution in [3.05, 3.63) is 53.6 Å². The summed E-state index contributed by atoms with van der Waals surface area (Å²) in [6.07, 6.45) is 0. The van der Waals surface area contributed by atoms with Crippen LogP contribution in [0.1, 0.15) is 0 Å². The number of carbonyl (C=O) groups excluding carboxylic acids is 1. The minimum atomic E-state index is -0.0458. The number of rotatable bonds is 3. The van der Waals surface area contributed by atoms with E-state index in [1.807, 2.05) is 31.3 Å². The summed E-state index contributed by atoms with van der Waals surface area (Å²) in [4.78, 5) is 16.4. The van der Waals surface area contributed by atoms with Gasteiger partial charge in [-0.2, -0.15) is 0 Å². The van der Waals surface area contributed by atoms with Crippen molar-refractivity contribution in [2.24, 2.45) is 0 Å². The summed E-state index contributed by atoms with van der Waals surface area (Å²) in [6.45, 7) is 1.49. The first kappa shape index (κ1) is 14.7. The molecule has 1 heterocycles. The lowest BCUT2D eigenvalue weighted by Gasteiger charge is -2.35. The number of benzene rings is 2. The summed E-state index contributed by atoms with van der Waals surface area (Å²) in [5.41, 5.74) is 1.99. The van der Waals surface area contributed by atoms with Gasteiger partial charge < -0.3 is 14.5 Å². The van der Waals surface area contributed by atoms with E-state index < -0.39 is 0 Å². The number of carbonyl (C=O) groups is 1. The molecular formula is C17H17ClN2O2. The van der Waals surface area contributed by atoms with Gasteiger partial charge in [0.2, 0.25) is 0 Å². The number of nitrogens with zero attached hydrogens (tertiary/aromatic N) is 2. The first-order valence-corrected chi connectivity index (χ1v) is 7.52. The fourth-order valence-electron chi connectivity index (χ4n) is 2.52. The summed E-state index contributed by atoms with van der Waals surface area (Å²) >= 11 is 5.83. The Bertz CT molecular complexity index is 673. The number of anilines is 2. The zero-order valence-corrected chi connectivity index (χ0v) is 13.1. The molecule has 3 rings (SSSR count). The molecule has 0 atom stereocenters. The first-order chi connectivity index (χ1) is 10.6. The van der Waals surface area contributed by atoms with Gasteiger partial charge in [-0.05, 0) is 36.4 Å². The van der Waals surface area contributed by atoms with Crippen LogP contribution in [0.4, 0.5) is 11.4 Å². The summed E-state index contributed by atoms with van der Waals surface area (Å²) < 4.78 is 5.55. The maximum atomic E-state index is 12.5. The zero-order valence-electron chi connectivity index (χ0n) is 12.3. The van der Waals surface area contributed by atoms with Crippen LogP contribution in [0.25, 0.3) is 0 Å². The predicted octanol–water partition coefficient (Wildman–Crippen LogP) is 3.20. The second-order valence-corrected chi connectivity index (χ2v) is 5.63. The lowest BCUT2D eigenvalue weighted by Crippen LogP contribution is -2.44. The maximum Gasteiger partial charge on any atom is 0.265 e. The second-order valence-electron chi connectivity index (χ2n) is 5.20. The van der Waals surface area contributed by atoms with Crippen molar-refractivity contribution >= 4 is 28.9 Å². The summed E-state index contributed by atoms with van der Waals surface area (Å²) in [7, 11) is 2.03. The fourth-order valence-corrected chi connectivity index (χ4v) is 2.64. The third-order valence-corrected chi connectivity index (χ3v) is 3.97. The molecule has 0 radical (unpaired) electrons. The smallest absolute Gasteiger partial charge is 0.265 e. The first-order valence-electron chi connectivity index (χ1n) is 7.14. The number of hydrogen-bond acceptors (Lipinski definition) is 3. The van der Waals surface area contributed by atoms with Gasteiger partial charge in [-0.1, -0.05) is 23.7 Å². The van der Waals surface area contributed by atoms with Gasteiger partial charge in [0.15, 0.2) is 6.61 Å². The monoisotopic (exact) mass is 316 g/mol.